The molecule has 5 nitrogen and oxygen atoms in total. The molecule has 0 radical (unpaired) electrons. The highest BCUT2D eigenvalue weighted by atomic mass is 35.5. The van der Waals surface area contributed by atoms with Crippen molar-refractivity contribution in [2.24, 2.45) is 0 Å². The van der Waals surface area contributed by atoms with Crippen LogP contribution >= 0.6 is 22.9 Å². The molecule has 1 N–H and O–H groups in total. The van der Waals surface area contributed by atoms with Crippen molar-refractivity contribution in [3.05, 3.63) is 75.8 Å². The van der Waals surface area contributed by atoms with E-state index in [1.54, 1.807) is 13.3 Å². The van der Waals surface area contributed by atoms with E-state index in [0.29, 0.717) is 37.6 Å². The molecule has 1 fully saturated rings. The summed E-state index contributed by atoms with van der Waals surface area (Å²) in [6, 6.07) is 15.5. The predicted molar refractivity (Wildman–Crippen MR) is 120 cm³/mol. The van der Waals surface area contributed by atoms with Crippen molar-refractivity contribution in [3.8, 4) is 5.75 Å². The van der Waals surface area contributed by atoms with Crippen molar-refractivity contribution >= 4 is 34.0 Å². The zero-order valence-electron chi connectivity index (χ0n) is 16.7. The molecule has 30 heavy (non-hydrogen) atoms. The first-order valence-electron chi connectivity index (χ1n) is 9.82. The van der Waals surface area contributed by atoms with Crippen LogP contribution in [0.25, 0.3) is 0 Å². The SMILES string of the molecule is COc1ccc(C2(C(=O)Nc3ncc(Cc4ccccc4Cl)s3)CCOCC2)cc1. The lowest BCUT2D eigenvalue weighted by atomic mass is 9.73. The Bertz CT molecular complexity index is 1010. The van der Waals surface area contributed by atoms with Gasteiger partial charge in [0.2, 0.25) is 5.91 Å². The summed E-state index contributed by atoms with van der Waals surface area (Å²) in [7, 11) is 1.63. The van der Waals surface area contributed by atoms with E-state index in [-0.39, 0.29) is 5.91 Å². The zero-order valence-corrected chi connectivity index (χ0v) is 18.3. The average molecular weight is 443 g/mol. The monoisotopic (exact) mass is 442 g/mol. The van der Waals surface area contributed by atoms with Gasteiger partial charge in [-0.2, -0.15) is 0 Å². The van der Waals surface area contributed by atoms with Crippen molar-refractivity contribution in [2.75, 3.05) is 25.6 Å². The normalized spacial score (nSPS) is 15.5. The largest absolute Gasteiger partial charge is 0.497 e. The minimum Gasteiger partial charge on any atom is -0.497 e. The summed E-state index contributed by atoms with van der Waals surface area (Å²) < 4.78 is 10.8. The van der Waals surface area contributed by atoms with Crippen LogP contribution in [0.15, 0.2) is 54.7 Å². The Morgan fingerprint density at radius 2 is 1.93 bits per heavy atom. The van der Waals surface area contributed by atoms with Crippen LogP contribution in [0.1, 0.15) is 28.8 Å². The summed E-state index contributed by atoms with van der Waals surface area (Å²) in [5, 5.41) is 4.38. The van der Waals surface area contributed by atoms with Crippen molar-refractivity contribution in [1.29, 1.82) is 0 Å². The van der Waals surface area contributed by atoms with Gasteiger partial charge in [0.15, 0.2) is 5.13 Å². The first-order valence-corrected chi connectivity index (χ1v) is 11.0. The molecule has 0 unspecified atom stereocenters. The average Bonchev–Trinajstić information content (AvgIpc) is 3.22. The molecule has 1 amide bonds. The third-order valence-electron chi connectivity index (χ3n) is 5.52. The molecular weight excluding hydrogens is 420 g/mol. The molecular formula is C23H23ClN2O3S. The number of carbonyl (C=O) groups is 1. The van der Waals surface area contributed by atoms with Gasteiger partial charge in [0.05, 0.1) is 12.5 Å². The van der Waals surface area contributed by atoms with Gasteiger partial charge in [-0.15, -0.1) is 11.3 Å². The Morgan fingerprint density at radius 3 is 2.63 bits per heavy atom. The van der Waals surface area contributed by atoms with Gasteiger partial charge in [-0.25, -0.2) is 4.98 Å². The fourth-order valence-electron chi connectivity index (χ4n) is 3.77. The number of rotatable bonds is 6. The van der Waals surface area contributed by atoms with Gasteiger partial charge in [0.1, 0.15) is 5.75 Å². The molecule has 1 aliphatic heterocycles. The summed E-state index contributed by atoms with van der Waals surface area (Å²) in [6.07, 6.45) is 3.74. The highest BCUT2D eigenvalue weighted by Gasteiger charge is 2.42. The summed E-state index contributed by atoms with van der Waals surface area (Å²) >= 11 is 7.74. The molecule has 0 saturated carbocycles. The Balaban J connectivity index is 1.53. The summed E-state index contributed by atoms with van der Waals surface area (Å²) in [4.78, 5) is 18.9. The molecule has 1 saturated heterocycles. The third-order valence-corrected chi connectivity index (χ3v) is 6.80. The number of hydrogen-bond donors (Lipinski definition) is 1. The van der Waals surface area contributed by atoms with Crippen LogP contribution in [-0.2, 0) is 21.4 Å². The molecule has 0 atom stereocenters. The number of hydrogen-bond acceptors (Lipinski definition) is 5. The van der Waals surface area contributed by atoms with Crippen molar-refractivity contribution in [3.63, 3.8) is 0 Å². The number of nitrogens with one attached hydrogen (secondary N) is 1. The lowest BCUT2D eigenvalue weighted by Crippen LogP contribution is -2.44. The molecule has 4 rings (SSSR count). The Labute approximate surface area is 185 Å². The van der Waals surface area contributed by atoms with E-state index >= 15 is 0 Å². The molecule has 0 bridgehead atoms. The predicted octanol–water partition coefficient (Wildman–Crippen LogP) is 5.08. The molecule has 2 aromatic carbocycles. The highest BCUT2D eigenvalue weighted by Crippen LogP contribution is 2.37. The van der Waals surface area contributed by atoms with Crippen LogP contribution < -0.4 is 10.1 Å². The van der Waals surface area contributed by atoms with Crippen LogP contribution in [0.2, 0.25) is 5.02 Å². The Hall–Kier alpha value is -2.41. The molecule has 156 valence electrons. The molecule has 1 aromatic heterocycles. The first kappa shape index (κ1) is 20.8. The van der Waals surface area contributed by atoms with Crippen molar-refractivity contribution < 1.29 is 14.3 Å². The van der Waals surface area contributed by atoms with E-state index in [1.165, 1.54) is 11.3 Å². The molecule has 2 heterocycles. The first-order chi connectivity index (χ1) is 14.6. The van der Waals surface area contributed by atoms with Crippen LogP contribution in [0.4, 0.5) is 5.13 Å². The second-order valence-corrected chi connectivity index (χ2v) is 8.80. The maximum absolute atomic E-state index is 13.4. The minimum atomic E-state index is -0.640. The van der Waals surface area contributed by atoms with E-state index in [4.69, 9.17) is 21.1 Å². The number of methoxy groups -OCH3 is 1. The van der Waals surface area contributed by atoms with E-state index in [9.17, 15) is 4.79 Å². The summed E-state index contributed by atoms with van der Waals surface area (Å²) in [6.45, 7) is 1.10. The highest BCUT2D eigenvalue weighted by molar-refractivity contribution is 7.15. The number of benzene rings is 2. The number of nitrogens with zero attached hydrogens (tertiary/aromatic N) is 1. The van der Waals surface area contributed by atoms with Crippen molar-refractivity contribution in [2.45, 2.75) is 24.7 Å². The topological polar surface area (TPSA) is 60.5 Å². The Kier molecular flexibility index (Phi) is 6.37. The standard InChI is InChI=1S/C23H23ClN2O3S/c1-28-18-8-6-17(7-9-18)23(10-12-29-13-11-23)21(27)26-22-25-15-19(30-22)14-16-4-2-3-5-20(16)24/h2-9,15H,10-14H2,1H3,(H,25,26,27). The number of halogens is 1. The van der Waals surface area contributed by atoms with Crippen LogP contribution in [0.3, 0.4) is 0 Å². The maximum Gasteiger partial charge on any atom is 0.236 e. The fourth-order valence-corrected chi connectivity index (χ4v) is 4.80. The lowest BCUT2D eigenvalue weighted by molar-refractivity contribution is -0.125. The number of amides is 1. The third kappa shape index (κ3) is 4.36. The molecule has 3 aromatic rings. The number of thiazole rings is 1. The maximum atomic E-state index is 13.4. The molecule has 1 aliphatic rings. The smallest absolute Gasteiger partial charge is 0.236 e. The minimum absolute atomic E-state index is 0.0467. The van der Waals surface area contributed by atoms with Gasteiger partial charge in [-0.3, -0.25) is 4.79 Å². The van der Waals surface area contributed by atoms with Gasteiger partial charge >= 0.3 is 0 Å². The van der Waals surface area contributed by atoms with Gasteiger partial charge in [-0.05, 0) is 42.2 Å². The van der Waals surface area contributed by atoms with E-state index in [1.807, 2.05) is 48.5 Å². The fraction of sp³-hybridized carbons (Fsp3) is 0.304. The zero-order chi connectivity index (χ0) is 21.0. The molecule has 7 heteroatoms. The van der Waals surface area contributed by atoms with Gasteiger partial charge in [0.25, 0.3) is 0 Å². The van der Waals surface area contributed by atoms with Crippen LogP contribution in [0.5, 0.6) is 5.75 Å². The summed E-state index contributed by atoms with van der Waals surface area (Å²) in [5.41, 5.74) is 1.37. The van der Waals surface area contributed by atoms with Gasteiger partial charge < -0.3 is 14.8 Å². The van der Waals surface area contributed by atoms with E-state index < -0.39 is 5.41 Å². The van der Waals surface area contributed by atoms with E-state index in [0.717, 1.165) is 26.8 Å². The lowest BCUT2D eigenvalue weighted by Gasteiger charge is -2.36. The van der Waals surface area contributed by atoms with Crippen molar-refractivity contribution in [1.82, 2.24) is 4.98 Å². The summed E-state index contributed by atoms with van der Waals surface area (Å²) in [5.74, 6) is 0.722. The number of aromatic nitrogens is 1. The van der Waals surface area contributed by atoms with Gasteiger partial charge in [0, 0.05) is 35.7 Å². The van der Waals surface area contributed by atoms with Crippen LogP contribution in [-0.4, -0.2) is 31.2 Å². The number of ether oxygens (including phenoxy) is 2. The van der Waals surface area contributed by atoms with Crippen LogP contribution in [0, 0.1) is 0 Å². The molecule has 0 aliphatic carbocycles. The second-order valence-electron chi connectivity index (χ2n) is 7.28. The Morgan fingerprint density at radius 1 is 1.20 bits per heavy atom. The van der Waals surface area contributed by atoms with Gasteiger partial charge in [-0.1, -0.05) is 41.9 Å². The number of carbonyl (C=O) groups excluding carboxylic acids is 1. The number of anilines is 1. The quantitative estimate of drug-likeness (QED) is 0.578. The molecule has 0 spiro atoms. The second kappa shape index (κ2) is 9.16. The van der Waals surface area contributed by atoms with E-state index in [2.05, 4.69) is 10.3 Å².